The standard InChI is InChI=1S/C14H26N4/c1-11(2)7-12(9-15)8-14-17-16-10-18(14)13-5-3-4-6-13/h10-13H,3-9,15H2,1-2H3. The predicted octanol–water partition coefficient (Wildman–Crippen LogP) is 2.56. The highest BCUT2D eigenvalue weighted by atomic mass is 15.3. The molecular formula is C14H26N4. The van der Waals surface area contributed by atoms with Gasteiger partial charge in [0.05, 0.1) is 0 Å². The molecule has 0 bridgehead atoms. The van der Waals surface area contributed by atoms with Gasteiger partial charge in [0.25, 0.3) is 0 Å². The van der Waals surface area contributed by atoms with Gasteiger partial charge in [-0.1, -0.05) is 26.7 Å². The highest BCUT2D eigenvalue weighted by molar-refractivity contribution is 4.93. The number of hydrogen-bond acceptors (Lipinski definition) is 3. The summed E-state index contributed by atoms with van der Waals surface area (Å²) in [5, 5.41) is 8.42. The number of rotatable bonds is 6. The summed E-state index contributed by atoms with van der Waals surface area (Å²) in [6, 6.07) is 0.632. The minimum Gasteiger partial charge on any atom is -0.330 e. The highest BCUT2D eigenvalue weighted by Crippen LogP contribution is 2.30. The molecule has 2 N–H and O–H groups in total. The zero-order valence-corrected chi connectivity index (χ0v) is 11.7. The van der Waals surface area contributed by atoms with Crippen molar-refractivity contribution in [3.05, 3.63) is 12.2 Å². The fourth-order valence-electron chi connectivity index (χ4n) is 3.09. The zero-order chi connectivity index (χ0) is 13.0. The Morgan fingerprint density at radius 2 is 2.11 bits per heavy atom. The van der Waals surface area contributed by atoms with Crippen LogP contribution in [0.1, 0.15) is 57.8 Å². The van der Waals surface area contributed by atoms with E-state index in [1.54, 1.807) is 0 Å². The van der Waals surface area contributed by atoms with Crippen LogP contribution in [0.3, 0.4) is 0 Å². The van der Waals surface area contributed by atoms with Crippen LogP contribution in [0.15, 0.2) is 6.33 Å². The molecule has 0 aliphatic heterocycles. The minimum absolute atomic E-state index is 0.536. The summed E-state index contributed by atoms with van der Waals surface area (Å²) in [5.41, 5.74) is 5.88. The molecule has 2 rings (SSSR count). The minimum atomic E-state index is 0.536. The number of aromatic nitrogens is 3. The molecule has 1 aromatic heterocycles. The lowest BCUT2D eigenvalue weighted by molar-refractivity contribution is 0.393. The summed E-state index contributed by atoms with van der Waals surface area (Å²) >= 11 is 0. The first-order valence-corrected chi connectivity index (χ1v) is 7.29. The number of nitrogens with two attached hydrogens (primary N) is 1. The van der Waals surface area contributed by atoms with Crippen molar-refractivity contribution < 1.29 is 0 Å². The van der Waals surface area contributed by atoms with Crippen LogP contribution in [0, 0.1) is 11.8 Å². The molecule has 0 saturated heterocycles. The lowest BCUT2D eigenvalue weighted by Gasteiger charge is -2.19. The Morgan fingerprint density at radius 3 is 2.72 bits per heavy atom. The molecule has 1 aliphatic carbocycles. The third-order valence-electron chi connectivity index (χ3n) is 3.97. The van der Waals surface area contributed by atoms with Crippen molar-refractivity contribution in [2.24, 2.45) is 17.6 Å². The first-order chi connectivity index (χ1) is 8.70. The average Bonchev–Trinajstić information content (AvgIpc) is 2.96. The fourth-order valence-corrected chi connectivity index (χ4v) is 3.09. The van der Waals surface area contributed by atoms with Crippen molar-refractivity contribution >= 4 is 0 Å². The van der Waals surface area contributed by atoms with Crippen molar-refractivity contribution in [3.63, 3.8) is 0 Å². The second-order valence-electron chi connectivity index (χ2n) is 6.03. The van der Waals surface area contributed by atoms with E-state index < -0.39 is 0 Å². The molecule has 0 radical (unpaired) electrons. The molecule has 1 heterocycles. The van der Waals surface area contributed by atoms with Gasteiger partial charge in [-0.25, -0.2) is 0 Å². The molecule has 0 aromatic carbocycles. The molecule has 0 spiro atoms. The Bertz CT molecular complexity index is 352. The fraction of sp³-hybridized carbons (Fsp3) is 0.857. The van der Waals surface area contributed by atoms with E-state index in [1.807, 2.05) is 6.33 Å². The van der Waals surface area contributed by atoms with Crippen molar-refractivity contribution in [2.75, 3.05) is 6.54 Å². The molecule has 4 heteroatoms. The molecule has 0 amide bonds. The lowest BCUT2D eigenvalue weighted by Crippen LogP contribution is -2.21. The molecule has 1 atom stereocenters. The molecule has 1 fully saturated rings. The summed E-state index contributed by atoms with van der Waals surface area (Å²) in [6.07, 6.45) is 9.31. The van der Waals surface area contributed by atoms with Crippen LogP contribution in [0.2, 0.25) is 0 Å². The van der Waals surface area contributed by atoms with E-state index >= 15 is 0 Å². The van der Waals surface area contributed by atoms with Gasteiger partial charge in [-0.05, 0) is 37.6 Å². The van der Waals surface area contributed by atoms with Gasteiger partial charge in [0.1, 0.15) is 12.2 Å². The summed E-state index contributed by atoms with van der Waals surface area (Å²) in [6.45, 7) is 5.25. The zero-order valence-electron chi connectivity index (χ0n) is 11.7. The molecule has 1 aliphatic rings. The van der Waals surface area contributed by atoms with Crippen LogP contribution in [0.4, 0.5) is 0 Å². The second-order valence-corrected chi connectivity index (χ2v) is 6.03. The van der Waals surface area contributed by atoms with Crippen LogP contribution in [0.25, 0.3) is 0 Å². The first kappa shape index (κ1) is 13.5. The largest absolute Gasteiger partial charge is 0.330 e. The van der Waals surface area contributed by atoms with Crippen molar-refractivity contribution in [3.8, 4) is 0 Å². The predicted molar refractivity (Wildman–Crippen MR) is 73.2 cm³/mol. The van der Waals surface area contributed by atoms with Crippen LogP contribution in [-0.4, -0.2) is 21.3 Å². The van der Waals surface area contributed by atoms with Crippen LogP contribution in [-0.2, 0) is 6.42 Å². The van der Waals surface area contributed by atoms with Crippen molar-refractivity contribution in [2.45, 2.75) is 58.4 Å². The van der Waals surface area contributed by atoms with E-state index in [-0.39, 0.29) is 0 Å². The molecule has 1 aromatic rings. The van der Waals surface area contributed by atoms with Gasteiger partial charge in [0, 0.05) is 12.5 Å². The third-order valence-corrected chi connectivity index (χ3v) is 3.97. The van der Waals surface area contributed by atoms with E-state index in [2.05, 4.69) is 28.6 Å². The van der Waals surface area contributed by atoms with Gasteiger partial charge in [-0.3, -0.25) is 0 Å². The normalized spacial score (nSPS) is 18.7. The van der Waals surface area contributed by atoms with Gasteiger partial charge < -0.3 is 10.3 Å². The lowest BCUT2D eigenvalue weighted by atomic mass is 9.94. The number of hydrogen-bond donors (Lipinski definition) is 1. The van der Waals surface area contributed by atoms with Gasteiger partial charge in [0.15, 0.2) is 0 Å². The van der Waals surface area contributed by atoms with Gasteiger partial charge in [-0.2, -0.15) is 0 Å². The summed E-state index contributed by atoms with van der Waals surface area (Å²) < 4.78 is 2.30. The van der Waals surface area contributed by atoms with E-state index in [0.717, 1.165) is 18.8 Å². The topological polar surface area (TPSA) is 56.7 Å². The van der Waals surface area contributed by atoms with Crippen molar-refractivity contribution in [1.29, 1.82) is 0 Å². The second kappa shape index (κ2) is 6.32. The van der Waals surface area contributed by atoms with Gasteiger partial charge in [-0.15, -0.1) is 10.2 Å². The summed E-state index contributed by atoms with van der Waals surface area (Å²) in [5.74, 6) is 2.37. The maximum atomic E-state index is 5.88. The van der Waals surface area contributed by atoms with E-state index in [9.17, 15) is 0 Å². The van der Waals surface area contributed by atoms with Crippen LogP contribution >= 0.6 is 0 Å². The van der Waals surface area contributed by atoms with Crippen LogP contribution in [0.5, 0.6) is 0 Å². The Labute approximate surface area is 110 Å². The molecule has 1 unspecified atom stereocenters. The first-order valence-electron chi connectivity index (χ1n) is 7.29. The Hall–Kier alpha value is -0.900. The molecule has 4 nitrogen and oxygen atoms in total. The smallest absolute Gasteiger partial charge is 0.133 e. The SMILES string of the molecule is CC(C)CC(CN)Cc1nncn1C1CCCC1. The van der Waals surface area contributed by atoms with Crippen LogP contribution < -0.4 is 5.73 Å². The van der Waals surface area contributed by atoms with E-state index in [4.69, 9.17) is 5.73 Å². The highest BCUT2D eigenvalue weighted by Gasteiger charge is 2.21. The molecular weight excluding hydrogens is 224 g/mol. The monoisotopic (exact) mass is 250 g/mol. The summed E-state index contributed by atoms with van der Waals surface area (Å²) in [4.78, 5) is 0. The Balaban J connectivity index is 2.01. The molecule has 18 heavy (non-hydrogen) atoms. The molecule has 1 saturated carbocycles. The average molecular weight is 250 g/mol. The van der Waals surface area contributed by atoms with E-state index in [0.29, 0.717) is 17.9 Å². The van der Waals surface area contributed by atoms with Crippen molar-refractivity contribution in [1.82, 2.24) is 14.8 Å². The molecule has 102 valence electrons. The Kier molecular flexibility index (Phi) is 4.75. The summed E-state index contributed by atoms with van der Waals surface area (Å²) in [7, 11) is 0. The van der Waals surface area contributed by atoms with Gasteiger partial charge in [0.2, 0.25) is 0 Å². The van der Waals surface area contributed by atoms with E-state index in [1.165, 1.54) is 32.1 Å². The third kappa shape index (κ3) is 3.31. The maximum absolute atomic E-state index is 5.88. The number of nitrogens with zero attached hydrogens (tertiary/aromatic N) is 3. The quantitative estimate of drug-likeness (QED) is 0.844. The Morgan fingerprint density at radius 1 is 1.39 bits per heavy atom. The van der Waals surface area contributed by atoms with Gasteiger partial charge >= 0.3 is 0 Å². The maximum Gasteiger partial charge on any atom is 0.133 e.